The van der Waals surface area contributed by atoms with Gasteiger partial charge in [0.1, 0.15) is 18.0 Å². The molecule has 0 N–H and O–H groups in total. The van der Waals surface area contributed by atoms with Gasteiger partial charge in [-0.15, -0.1) is 0 Å². The Balaban J connectivity index is 1.76. The van der Waals surface area contributed by atoms with Crippen LogP contribution in [0.15, 0.2) is 42.7 Å². The number of rotatable bonds is 4. The highest BCUT2D eigenvalue weighted by molar-refractivity contribution is 5.61. The quantitative estimate of drug-likeness (QED) is 0.866. The van der Waals surface area contributed by atoms with Gasteiger partial charge in [-0.2, -0.15) is 0 Å². The third kappa shape index (κ3) is 3.20. The van der Waals surface area contributed by atoms with Crippen LogP contribution in [0.25, 0.3) is 0 Å². The van der Waals surface area contributed by atoms with Gasteiger partial charge in [-0.1, -0.05) is 25.1 Å². The van der Waals surface area contributed by atoms with Crippen molar-refractivity contribution >= 4 is 17.3 Å². The van der Waals surface area contributed by atoms with Gasteiger partial charge in [0.2, 0.25) is 0 Å². The van der Waals surface area contributed by atoms with Gasteiger partial charge in [0, 0.05) is 45.0 Å². The van der Waals surface area contributed by atoms with Crippen LogP contribution in [0.4, 0.5) is 17.3 Å². The lowest BCUT2D eigenvalue weighted by atomic mass is 10.3. The monoisotopic (exact) mass is 297 g/mol. The van der Waals surface area contributed by atoms with E-state index < -0.39 is 0 Å². The lowest BCUT2D eigenvalue weighted by molar-refractivity contribution is 0.270. The van der Waals surface area contributed by atoms with E-state index in [-0.39, 0.29) is 0 Å². The van der Waals surface area contributed by atoms with Crippen LogP contribution in [0.1, 0.15) is 6.92 Å². The third-order valence-electron chi connectivity index (χ3n) is 4.27. The Hall–Kier alpha value is -2.14. The van der Waals surface area contributed by atoms with Crippen molar-refractivity contribution in [1.29, 1.82) is 0 Å². The molecule has 2 aromatic rings. The Morgan fingerprint density at radius 1 is 1.05 bits per heavy atom. The molecule has 0 radical (unpaired) electrons. The van der Waals surface area contributed by atoms with E-state index in [1.807, 2.05) is 25.2 Å². The minimum Gasteiger partial charge on any atom is -0.354 e. The Morgan fingerprint density at radius 2 is 1.77 bits per heavy atom. The second-order valence-corrected chi connectivity index (χ2v) is 5.55. The number of nitrogens with zero attached hydrogens (tertiary/aromatic N) is 5. The largest absolute Gasteiger partial charge is 0.354 e. The molecule has 22 heavy (non-hydrogen) atoms. The standard InChI is InChI=1S/C17H23N5/c1-3-21-9-11-22(12-10-21)17-13-16(18-14-19-17)20(2)15-7-5-4-6-8-15/h4-8,13-14H,3,9-12H2,1-2H3. The highest BCUT2D eigenvalue weighted by Crippen LogP contribution is 2.24. The predicted molar refractivity (Wildman–Crippen MR) is 90.9 cm³/mol. The lowest BCUT2D eigenvalue weighted by Gasteiger charge is -2.35. The summed E-state index contributed by atoms with van der Waals surface area (Å²) in [6.07, 6.45) is 1.66. The topological polar surface area (TPSA) is 35.5 Å². The summed E-state index contributed by atoms with van der Waals surface area (Å²) in [5.41, 5.74) is 1.13. The maximum Gasteiger partial charge on any atom is 0.138 e. The van der Waals surface area contributed by atoms with Crippen LogP contribution in [-0.2, 0) is 0 Å². The van der Waals surface area contributed by atoms with Crippen LogP contribution in [0, 0.1) is 0 Å². The minimum absolute atomic E-state index is 0.925. The molecule has 0 amide bonds. The molecule has 116 valence electrons. The molecule has 1 saturated heterocycles. The van der Waals surface area contributed by atoms with Gasteiger partial charge in [-0.3, -0.25) is 0 Å². The van der Waals surface area contributed by atoms with Crippen molar-refractivity contribution in [2.75, 3.05) is 49.6 Å². The zero-order valence-corrected chi connectivity index (χ0v) is 13.3. The van der Waals surface area contributed by atoms with E-state index in [1.54, 1.807) is 6.33 Å². The molecule has 1 aliphatic rings. The van der Waals surface area contributed by atoms with Crippen molar-refractivity contribution in [2.45, 2.75) is 6.92 Å². The molecule has 2 heterocycles. The number of likely N-dealkylation sites (N-methyl/N-ethyl adjacent to an activating group) is 1. The van der Waals surface area contributed by atoms with Gasteiger partial charge in [0.15, 0.2) is 0 Å². The molecule has 0 saturated carbocycles. The smallest absolute Gasteiger partial charge is 0.138 e. The normalized spacial score (nSPS) is 15.8. The molecule has 0 atom stereocenters. The van der Waals surface area contributed by atoms with Gasteiger partial charge >= 0.3 is 0 Å². The van der Waals surface area contributed by atoms with E-state index in [1.165, 1.54) is 0 Å². The summed E-state index contributed by atoms with van der Waals surface area (Å²) in [4.78, 5) is 15.8. The summed E-state index contributed by atoms with van der Waals surface area (Å²) in [7, 11) is 2.04. The molecule has 3 rings (SSSR count). The van der Waals surface area contributed by atoms with Gasteiger partial charge in [-0.25, -0.2) is 9.97 Å². The Kier molecular flexibility index (Phi) is 4.53. The number of para-hydroxylation sites is 1. The summed E-state index contributed by atoms with van der Waals surface area (Å²) in [6.45, 7) is 7.60. The molecule has 1 aromatic carbocycles. The summed E-state index contributed by atoms with van der Waals surface area (Å²) in [5.74, 6) is 1.94. The van der Waals surface area contributed by atoms with Crippen molar-refractivity contribution in [3.05, 3.63) is 42.7 Å². The van der Waals surface area contributed by atoms with Crippen molar-refractivity contribution in [3.63, 3.8) is 0 Å². The van der Waals surface area contributed by atoms with Crippen molar-refractivity contribution in [1.82, 2.24) is 14.9 Å². The molecule has 1 aliphatic heterocycles. The first-order chi connectivity index (χ1) is 10.8. The lowest BCUT2D eigenvalue weighted by Crippen LogP contribution is -2.46. The van der Waals surface area contributed by atoms with Crippen molar-refractivity contribution in [2.24, 2.45) is 0 Å². The second kappa shape index (κ2) is 6.75. The molecule has 0 unspecified atom stereocenters. The summed E-state index contributed by atoms with van der Waals surface area (Å²) in [5, 5.41) is 0. The van der Waals surface area contributed by atoms with Gasteiger partial charge in [0.05, 0.1) is 0 Å². The molecule has 0 aliphatic carbocycles. The van der Waals surface area contributed by atoms with E-state index in [0.29, 0.717) is 0 Å². The van der Waals surface area contributed by atoms with Crippen LogP contribution in [0.5, 0.6) is 0 Å². The van der Waals surface area contributed by atoms with E-state index in [9.17, 15) is 0 Å². The summed E-state index contributed by atoms with van der Waals surface area (Å²) in [6, 6.07) is 12.4. The number of benzene rings is 1. The Morgan fingerprint density at radius 3 is 2.45 bits per heavy atom. The molecule has 1 aromatic heterocycles. The highest BCUT2D eigenvalue weighted by atomic mass is 15.3. The Labute approximate surface area is 132 Å². The molecule has 0 bridgehead atoms. The maximum absolute atomic E-state index is 4.46. The zero-order chi connectivity index (χ0) is 15.4. The average molecular weight is 297 g/mol. The summed E-state index contributed by atoms with van der Waals surface area (Å²) >= 11 is 0. The number of anilines is 3. The summed E-state index contributed by atoms with van der Waals surface area (Å²) < 4.78 is 0. The third-order valence-corrected chi connectivity index (χ3v) is 4.27. The minimum atomic E-state index is 0.925. The molecular formula is C17H23N5. The van der Waals surface area contributed by atoms with Crippen LogP contribution in [0.3, 0.4) is 0 Å². The maximum atomic E-state index is 4.46. The van der Waals surface area contributed by atoms with Crippen LogP contribution in [-0.4, -0.2) is 54.6 Å². The van der Waals surface area contributed by atoms with Gasteiger partial charge < -0.3 is 14.7 Å². The van der Waals surface area contributed by atoms with Crippen molar-refractivity contribution < 1.29 is 0 Å². The first-order valence-corrected chi connectivity index (χ1v) is 7.86. The fourth-order valence-electron chi connectivity index (χ4n) is 2.77. The van der Waals surface area contributed by atoms with E-state index in [4.69, 9.17) is 0 Å². The number of piperazine rings is 1. The number of aromatic nitrogens is 2. The number of hydrogen-bond acceptors (Lipinski definition) is 5. The van der Waals surface area contributed by atoms with E-state index in [0.717, 1.165) is 50.0 Å². The SMILES string of the molecule is CCN1CCN(c2cc(N(C)c3ccccc3)ncn2)CC1. The van der Waals surface area contributed by atoms with Gasteiger partial charge in [-0.05, 0) is 18.7 Å². The van der Waals surface area contributed by atoms with Crippen LogP contribution in [0.2, 0.25) is 0 Å². The molecule has 0 spiro atoms. The van der Waals surface area contributed by atoms with Gasteiger partial charge in [0.25, 0.3) is 0 Å². The highest BCUT2D eigenvalue weighted by Gasteiger charge is 2.17. The van der Waals surface area contributed by atoms with Crippen LogP contribution >= 0.6 is 0 Å². The fourth-order valence-corrected chi connectivity index (χ4v) is 2.77. The van der Waals surface area contributed by atoms with Crippen LogP contribution < -0.4 is 9.80 Å². The van der Waals surface area contributed by atoms with Crippen molar-refractivity contribution in [3.8, 4) is 0 Å². The Bertz CT molecular complexity index is 593. The fraction of sp³-hybridized carbons (Fsp3) is 0.412. The molecule has 5 heteroatoms. The second-order valence-electron chi connectivity index (χ2n) is 5.55. The average Bonchev–Trinajstić information content (AvgIpc) is 2.62. The first-order valence-electron chi connectivity index (χ1n) is 7.86. The molecule has 1 fully saturated rings. The van der Waals surface area contributed by atoms with E-state index in [2.05, 4.69) is 49.8 Å². The molecule has 5 nitrogen and oxygen atoms in total. The first kappa shape index (κ1) is 14.8. The zero-order valence-electron chi connectivity index (χ0n) is 13.3. The predicted octanol–water partition coefficient (Wildman–Crippen LogP) is 2.39. The van der Waals surface area contributed by atoms with E-state index >= 15 is 0 Å². The number of hydrogen-bond donors (Lipinski definition) is 0. The molecular weight excluding hydrogens is 274 g/mol.